The van der Waals surface area contributed by atoms with Crippen LogP contribution >= 0.6 is 11.8 Å². The maximum atomic E-state index is 8.81. The standard InChI is InChI=1S/C16H13N5S/c1-12-4-6-14(7-5-12)21-15(13-3-2-9-18-11-13)19-20-16(21)22-10-8-17/h2-7,9,11H,10H2,1H3. The number of aromatic nitrogens is 4. The van der Waals surface area contributed by atoms with E-state index in [0.29, 0.717) is 10.9 Å². The van der Waals surface area contributed by atoms with Crippen molar-refractivity contribution in [1.82, 2.24) is 19.7 Å². The average molecular weight is 307 g/mol. The maximum Gasteiger partial charge on any atom is 0.197 e. The molecule has 0 spiro atoms. The molecule has 22 heavy (non-hydrogen) atoms. The van der Waals surface area contributed by atoms with E-state index < -0.39 is 0 Å². The Hall–Kier alpha value is -2.65. The van der Waals surface area contributed by atoms with Crippen LogP contribution in [0.5, 0.6) is 0 Å². The largest absolute Gasteiger partial charge is 0.270 e. The highest BCUT2D eigenvalue weighted by atomic mass is 32.2. The molecular formula is C16H13N5S. The molecule has 3 rings (SSSR count). The second-order valence-electron chi connectivity index (χ2n) is 4.67. The summed E-state index contributed by atoms with van der Waals surface area (Å²) in [5.74, 6) is 1.05. The summed E-state index contributed by atoms with van der Waals surface area (Å²) in [6.45, 7) is 2.04. The summed E-state index contributed by atoms with van der Waals surface area (Å²) in [6, 6.07) is 14.1. The van der Waals surface area contributed by atoms with E-state index in [1.807, 2.05) is 47.9 Å². The normalized spacial score (nSPS) is 10.4. The van der Waals surface area contributed by atoms with E-state index in [0.717, 1.165) is 17.1 Å². The summed E-state index contributed by atoms with van der Waals surface area (Å²) in [7, 11) is 0. The molecule has 0 fully saturated rings. The molecule has 5 nitrogen and oxygen atoms in total. The summed E-state index contributed by atoms with van der Waals surface area (Å²) in [5.41, 5.74) is 3.04. The second-order valence-corrected chi connectivity index (χ2v) is 5.61. The quantitative estimate of drug-likeness (QED) is 0.692. The number of thioether (sulfide) groups is 1. The monoisotopic (exact) mass is 307 g/mol. The van der Waals surface area contributed by atoms with Crippen molar-refractivity contribution in [3.8, 4) is 23.1 Å². The van der Waals surface area contributed by atoms with Gasteiger partial charge < -0.3 is 0 Å². The maximum absolute atomic E-state index is 8.81. The van der Waals surface area contributed by atoms with Crippen LogP contribution in [-0.2, 0) is 0 Å². The van der Waals surface area contributed by atoms with Crippen LogP contribution < -0.4 is 0 Å². The van der Waals surface area contributed by atoms with Gasteiger partial charge in [-0.1, -0.05) is 29.5 Å². The number of benzene rings is 1. The van der Waals surface area contributed by atoms with E-state index in [1.54, 1.807) is 12.4 Å². The lowest BCUT2D eigenvalue weighted by atomic mass is 10.2. The Labute approximate surface area is 132 Å². The molecule has 0 atom stereocenters. The van der Waals surface area contributed by atoms with Crippen molar-refractivity contribution < 1.29 is 0 Å². The topological polar surface area (TPSA) is 67.4 Å². The minimum absolute atomic E-state index is 0.330. The van der Waals surface area contributed by atoms with Gasteiger partial charge in [0, 0.05) is 23.6 Å². The first-order valence-electron chi connectivity index (χ1n) is 6.72. The van der Waals surface area contributed by atoms with Gasteiger partial charge in [-0.3, -0.25) is 9.55 Å². The number of pyridine rings is 1. The highest BCUT2D eigenvalue weighted by Gasteiger charge is 2.15. The number of nitriles is 1. The molecule has 0 saturated carbocycles. The molecule has 0 aliphatic carbocycles. The van der Waals surface area contributed by atoms with Crippen molar-refractivity contribution in [1.29, 1.82) is 5.26 Å². The molecule has 0 unspecified atom stereocenters. The van der Waals surface area contributed by atoms with Crippen LogP contribution in [0.2, 0.25) is 0 Å². The molecule has 0 radical (unpaired) electrons. The third-order valence-electron chi connectivity index (χ3n) is 3.11. The van der Waals surface area contributed by atoms with Crippen LogP contribution in [0.25, 0.3) is 17.1 Å². The Kier molecular flexibility index (Phi) is 4.17. The Balaban J connectivity index is 2.13. The van der Waals surface area contributed by atoms with Crippen LogP contribution in [0.3, 0.4) is 0 Å². The molecule has 0 amide bonds. The van der Waals surface area contributed by atoms with Crippen molar-refractivity contribution in [2.24, 2.45) is 0 Å². The zero-order valence-electron chi connectivity index (χ0n) is 12.0. The summed E-state index contributed by atoms with van der Waals surface area (Å²) in [4.78, 5) is 4.14. The third-order valence-corrected chi connectivity index (χ3v) is 3.91. The fraction of sp³-hybridized carbons (Fsp3) is 0.125. The van der Waals surface area contributed by atoms with Gasteiger partial charge in [0.2, 0.25) is 0 Å². The lowest BCUT2D eigenvalue weighted by Gasteiger charge is -2.09. The van der Waals surface area contributed by atoms with Crippen LogP contribution in [0.4, 0.5) is 0 Å². The van der Waals surface area contributed by atoms with Gasteiger partial charge in [0.1, 0.15) is 0 Å². The van der Waals surface area contributed by atoms with Gasteiger partial charge in [0.05, 0.1) is 11.8 Å². The lowest BCUT2D eigenvalue weighted by molar-refractivity contribution is 0.887. The van der Waals surface area contributed by atoms with E-state index >= 15 is 0 Å². The summed E-state index contributed by atoms with van der Waals surface area (Å²) in [5, 5.41) is 18.0. The molecule has 3 aromatic rings. The van der Waals surface area contributed by atoms with Crippen molar-refractivity contribution in [3.05, 3.63) is 54.4 Å². The predicted molar refractivity (Wildman–Crippen MR) is 85.7 cm³/mol. The fourth-order valence-corrected chi connectivity index (χ4v) is 2.68. The van der Waals surface area contributed by atoms with Crippen molar-refractivity contribution in [3.63, 3.8) is 0 Å². The SMILES string of the molecule is Cc1ccc(-n2c(SCC#N)nnc2-c2cccnc2)cc1. The molecule has 1 aromatic carbocycles. The lowest BCUT2D eigenvalue weighted by Crippen LogP contribution is -2.00. The molecule has 0 aliphatic heterocycles. The van der Waals surface area contributed by atoms with Gasteiger partial charge in [-0.2, -0.15) is 5.26 Å². The molecule has 0 bridgehead atoms. The zero-order chi connectivity index (χ0) is 15.4. The number of rotatable bonds is 4. The Morgan fingerprint density at radius 2 is 2.00 bits per heavy atom. The first kappa shape index (κ1) is 14.3. The van der Waals surface area contributed by atoms with Crippen LogP contribution in [-0.4, -0.2) is 25.5 Å². The Morgan fingerprint density at radius 3 is 2.68 bits per heavy atom. The molecule has 0 saturated heterocycles. The van der Waals surface area contributed by atoms with Gasteiger partial charge in [-0.15, -0.1) is 10.2 Å². The molecule has 2 aromatic heterocycles. The average Bonchev–Trinajstić information content (AvgIpc) is 2.98. The smallest absolute Gasteiger partial charge is 0.197 e. The highest BCUT2D eigenvalue weighted by Crippen LogP contribution is 2.27. The van der Waals surface area contributed by atoms with Gasteiger partial charge >= 0.3 is 0 Å². The first-order valence-corrected chi connectivity index (χ1v) is 7.71. The van der Waals surface area contributed by atoms with Crippen molar-refractivity contribution in [2.45, 2.75) is 12.1 Å². The van der Waals surface area contributed by atoms with Crippen LogP contribution in [0.15, 0.2) is 53.9 Å². The first-order chi connectivity index (χ1) is 10.8. The molecule has 0 N–H and O–H groups in total. The number of hydrogen-bond acceptors (Lipinski definition) is 5. The van der Waals surface area contributed by atoms with Crippen molar-refractivity contribution in [2.75, 3.05) is 5.75 Å². The van der Waals surface area contributed by atoms with Crippen LogP contribution in [0.1, 0.15) is 5.56 Å². The minimum atomic E-state index is 0.330. The van der Waals surface area contributed by atoms with E-state index in [4.69, 9.17) is 5.26 Å². The fourth-order valence-electron chi connectivity index (χ4n) is 2.07. The molecule has 0 aliphatic rings. The van der Waals surface area contributed by atoms with E-state index in [2.05, 4.69) is 21.3 Å². The minimum Gasteiger partial charge on any atom is -0.270 e. The number of nitrogens with zero attached hydrogens (tertiary/aromatic N) is 5. The second kappa shape index (κ2) is 6.41. The molecular weight excluding hydrogens is 294 g/mol. The highest BCUT2D eigenvalue weighted by molar-refractivity contribution is 7.99. The number of hydrogen-bond donors (Lipinski definition) is 0. The van der Waals surface area contributed by atoms with Gasteiger partial charge in [0.15, 0.2) is 11.0 Å². The third kappa shape index (κ3) is 2.85. The summed E-state index contributed by atoms with van der Waals surface area (Å²) < 4.78 is 1.96. The predicted octanol–water partition coefficient (Wildman–Crippen LogP) is 3.25. The zero-order valence-corrected chi connectivity index (χ0v) is 12.8. The molecule has 108 valence electrons. The number of aryl methyl sites for hydroxylation is 1. The summed E-state index contributed by atoms with van der Waals surface area (Å²) in [6.07, 6.45) is 3.48. The van der Waals surface area contributed by atoms with Gasteiger partial charge in [-0.05, 0) is 31.2 Å². The Bertz CT molecular complexity index is 803. The van der Waals surface area contributed by atoms with Gasteiger partial charge in [0.25, 0.3) is 0 Å². The molecule has 2 heterocycles. The Morgan fingerprint density at radius 1 is 1.18 bits per heavy atom. The van der Waals surface area contributed by atoms with E-state index in [9.17, 15) is 0 Å². The van der Waals surface area contributed by atoms with Crippen LogP contribution in [0, 0.1) is 18.3 Å². The van der Waals surface area contributed by atoms with E-state index in [-0.39, 0.29) is 0 Å². The molecule has 6 heteroatoms. The van der Waals surface area contributed by atoms with Gasteiger partial charge in [-0.25, -0.2) is 0 Å². The summed E-state index contributed by atoms with van der Waals surface area (Å²) >= 11 is 1.37. The van der Waals surface area contributed by atoms with E-state index in [1.165, 1.54) is 17.3 Å². The van der Waals surface area contributed by atoms with Crippen molar-refractivity contribution >= 4 is 11.8 Å².